The van der Waals surface area contributed by atoms with E-state index in [1.807, 2.05) is 38.1 Å². The molecule has 1 saturated heterocycles. The molecule has 2 aromatic carbocycles. The van der Waals surface area contributed by atoms with Gasteiger partial charge in [-0.2, -0.15) is 0 Å². The predicted molar refractivity (Wildman–Crippen MR) is 115 cm³/mol. The molecule has 0 radical (unpaired) electrons. The zero-order valence-corrected chi connectivity index (χ0v) is 17.7. The van der Waals surface area contributed by atoms with Gasteiger partial charge in [0.1, 0.15) is 5.75 Å². The van der Waals surface area contributed by atoms with Crippen LogP contribution in [-0.4, -0.2) is 49.6 Å². The fourth-order valence-electron chi connectivity index (χ4n) is 3.77. The molecule has 4 rings (SSSR count). The molecule has 0 bridgehead atoms. The van der Waals surface area contributed by atoms with E-state index in [4.69, 9.17) is 4.74 Å². The first-order chi connectivity index (χ1) is 14.0. The molecule has 0 unspecified atom stereocenters. The molecule has 6 nitrogen and oxygen atoms in total. The van der Waals surface area contributed by atoms with E-state index in [1.165, 1.54) is 3.97 Å². The zero-order valence-electron chi connectivity index (χ0n) is 16.8. The van der Waals surface area contributed by atoms with Crippen LogP contribution in [0.5, 0.6) is 5.75 Å². The van der Waals surface area contributed by atoms with E-state index in [9.17, 15) is 8.42 Å². The molecule has 29 heavy (non-hydrogen) atoms. The van der Waals surface area contributed by atoms with Crippen LogP contribution in [0.1, 0.15) is 19.4 Å². The fraction of sp³-hybridized carbons (Fsp3) is 0.364. The molecule has 1 aliphatic heterocycles. The van der Waals surface area contributed by atoms with Crippen molar-refractivity contribution in [1.82, 2.24) is 14.2 Å². The Hall–Kier alpha value is -2.35. The summed E-state index contributed by atoms with van der Waals surface area (Å²) in [5.74, 6) is 0.820. The SMILES string of the molecule is CC(C)Oc1ccc2c(ccn2S(=O)(=O)c2ccccc2)c1CN1CCNCC1. The van der Waals surface area contributed by atoms with Gasteiger partial charge in [-0.15, -0.1) is 0 Å². The second kappa shape index (κ2) is 8.18. The summed E-state index contributed by atoms with van der Waals surface area (Å²) in [5, 5.41) is 4.29. The summed E-state index contributed by atoms with van der Waals surface area (Å²) >= 11 is 0. The number of hydrogen-bond donors (Lipinski definition) is 1. The molecule has 1 fully saturated rings. The summed E-state index contributed by atoms with van der Waals surface area (Å²) in [7, 11) is -3.66. The average molecular weight is 414 g/mol. The van der Waals surface area contributed by atoms with Crippen molar-refractivity contribution in [3.63, 3.8) is 0 Å². The maximum atomic E-state index is 13.2. The summed E-state index contributed by atoms with van der Waals surface area (Å²) < 4.78 is 33.8. The number of fused-ring (bicyclic) bond motifs is 1. The monoisotopic (exact) mass is 413 g/mol. The molecular formula is C22H27N3O3S. The van der Waals surface area contributed by atoms with Crippen molar-refractivity contribution in [1.29, 1.82) is 0 Å². The number of rotatable bonds is 6. The maximum absolute atomic E-state index is 13.2. The van der Waals surface area contributed by atoms with Gasteiger partial charge < -0.3 is 10.1 Å². The minimum atomic E-state index is -3.66. The molecule has 0 aliphatic carbocycles. The summed E-state index contributed by atoms with van der Waals surface area (Å²) in [6.07, 6.45) is 1.69. The number of benzene rings is 2. The van der Waals surface area contributed by atoms with E-state index in [-0.39, 0.29) is 11.0 Å². The molecule has 0 saturated carbocycles. The van der Waals surface area contributed by atoms with Crippen molar-refractivity contribution < 1.29 is 13.2 Å². The van der Waals surface area contributed by atoms with Crippen LogP contribution >= 0.6 is 0 Å². The smallest absolute Gasteiger partial charge is 0.268 e. The first kappa shape index (κ1) is 19.9. The molecule has 7 heteroatoms. The largest absolute Gasteiger partial charge is 0.491 e. The van der Waals surface area contributed by atoms with E-state index >= 15 is 0 Å². The van der Waals surface area contributed by atoms with Crippen LogP contribution in [-0.2, 0) is 16.6 Å². The third-order valence-electron chi connectivity index (χ3n) is 5.16. The Balaban J connectivity index is 1.81. The highest BCUT2D eigenvalue weighted by molar-refractivity contribution is 7.90. The second-order valence-corrected chi connectivity index (χ2v) is 9.41. The molecule has 1 N–H and O–H groups in total. The van der Waals surface area contributed by atoms with Gasteiger partial charge >= 0.3 is 0 Å². The first-order valence-electron chi connectivity index (χ1n) is 10.00. The molecule has 154 valence electrons. The Kier molecular flexibility index (Phi) is 5.63. The highest BCUT2D eigenvalue weighted by atomic mass is 32.2. The summed E-state index contributed by atoms with van der Waals surface area (Å²) in [6, 6.07) is 14.2. The minimum Gasteiger partial charge on any atom is -0.491 e. The highest BCUT2D eigenvalue weighted by Crippen LogP contribution is 2.32. The Bertz CT molecular complexity index is 1090. The number of ether oxygens (including phenoxy) is 1. The Morgan fingerprint density at radius 2 is 1.76 bits per heavy atom. The van der Waals surface area contributed by atoms with Gasteiger partial charge in [0, 0.05) is 49.9 Å². The van der Waals surface area contributed by atoms with Gasteiger partial charge in [0.05, 0.1) is 16.5 Å². The number of nitrogens with one attached hydrogen (secondary N) is 1. The van der Waals surface area contributed by atoms with Crippen LogP contribution in [0.2, 0.25) is 0 Å². The van der Waals surface area contributed by atoms with Crippen LogP contribution < -0.4 is 10.1 Å². The van der Waals surface area contributed by atoms with Crippen LogP contribution in [0.25, 0.3) is 10.9 Å². The zero-order chi connectivity index (χ0) is 20.4. The van der Waals surface area contributed by atoms with Crippen LogP contribution in [0, 0.1) is 0 Å². The predicted octanol–water partition coefficient (Wildman–Crippen LogP) is 3.07. The molecular weight excluding hydrogens is 386 g/mol. The van der Waals surface area contributed by atoms with E-state index in [2.05, 4.69) is 10.2 Å². The summed E-state index contributed by atoms with van der Waals surface area (Å²) in [6.45, 7) is 8.57. The van der Waals surface area contributed by atoms with Crippen molar-refractivity contribution in [2.45, 2.75) is 31.4 Å². The van der Waals surface area contributed by atoms with E-state index in [0.717, 1.165) is 49.4 Å². The lowest BCUT2D eigenvalue weighted by atomic mass is 10.1. The van der Waals surface area contributed by atoms with Gasteiger partial charge in [0.25, 0.3) is 10.0 Å². The van der Waals surface area contributed by atoms with Crippen molar-refractivity contribution in [3.05, 3.63) is 60.3 Å². The van der Waals surface area contributed by atoms with Crippen molar-refractivity contribution >= 4 is 20.9 Å². The molecule has 0 amide bonds. The van der Waals surface area contributed by atoms with E-state index in [0.29, 0.717) is 5.52 Å². The average Bonchev–Trinajstić information content (AvgIpc) is 3.16. The lowest BCUT2D eigenvalue weighted by Crippen LogP contribution is -2.43. The molecule has 1 aliphatic rings. The van der Waals surface area contributed by atoms with Gasteiger partial charge in [-0.1, -0.05) is 18.2 Å². The van der Waals surface area contributed by atoms with Crippen molar-refractivity contribution in [3.8, 4) is 5.75 Å². The maximum Gasteiger partial charge on any atom is 0.268 e. The number of hydrogen-bond acceptors (Lipinski definition) is 5. The minimum absolute atomic E-state index is 0.0457. The third-order valence-corrected chi connectivity index (χ3v) is 6.86. The van der Waals surface area contributed by atoms with Crippen molar-refractivity contribution in [2.24, 2.45) is 0 Å². The van der Waals surface area contributed by atoms with E-state index in [1.54, 1.807) is 30.5 Å². The van der Waals surface area contributed by atoms with Crippen LogP contribution in [0.4, 0.5) is 0 Å². The van der Waals surface area contributed by atoms with Gasteiger partial charge in [0.15, 0.2) is 0 Å². The highest BCUT2D eigenvalue weighted by Gasteiger charge is 2.22. The fourth-order valence-corrected chi connectivity index (χ4v) is 5.14. The van der Waals surface area contributed by atoms with Gasteiger partial charge in [-0.05, 0) is 44.2 Å². The molecule has 0 spiro atoms. The van der Waals surface area contributed by atoms with E-state index < -0.39 is 10.0 Å². The third kappa shape index (κ3) is 4.03. The van der Waals surface area contributed by atoms with Crippen molar-refractivity contribution in [2.75, 3.05) is 26.2 Å². The van der Waals surface area contributed by atoms with Crippen LogP contribution in [0.3, 0.4) is 0 Å². The Labute approximate surface area is 172 Å². The lowest BCUT2D eigenvalue weighted by Gasteiger charge is -2.28. The summed E-state index contributed by atoms with van der Waals surface area (Å²) in [4.78, 5) is 2.66. The number of piperazine rings is 1. The van der Waals surface area contributed by atoms with Crippen LogP contribution in [0.15, 0.2) is 59.6 Å². The molecule has 3 aromatic rings. The molecule has 2 heterocycles. The lowest BCUT2D eigenvalue weighted by molar-refractivity contribution is 0.215. The Morgan fingerprint density at radius 3 is 2.45 bits per heavy atom. The normalized spacial score (nSPS) is 15.8. The van der Waals surface area contributed by atoms with Gasteiger partial charge in [-0.25, -0.2) is 12.4 Å². The number of aromatic nitrogens is 1. The Morgan fingerprint density at radius 1 is 1.03 bits per heavy atom. The standard InChI is InChI=1S/C22H27N3O3S/c1-17(2)28-22-9-8-21-19(20(22)16-24-14-11-23-12-15-24)10-13-25(21)29(26,27)18-6-4-3-5-7-18/h3-10,13,17,23H,11-12,14-16H2,1-2H3. The topological polar surface area (TPSA) is 63.6 Å². The molecule has 1 aromatic heterocycles. The molecule has 0 atom stereocenters. The second-order valence-electron chi connectivity index (χ2n) is 7.60. The first-order valence-corrected chi connectivity index (χ1v) is 11.4. The number of nitrogens with zero attached hydrogens (tertiary/aromatic N) is 2. The summed E-state index contributed by atoms with van der Waals surface area (Å²) in [5.41, 5.74) is 1.72. The van der Waals surface area contributed by atoms with Gasteiger partial charge in [-0.3, -0.25) is 4.90 Å². The quantitative estimate of drug-likeness (QED) is 0.673. The van der Waals surface area contributed by atoms with Gasteiger partial charge in [0.2, 0.25) is 0 Å².